The van der Waals surface area contributed by atoms with Crippen LogP contribution in [-0.2, 0) is 6.54 Å². The molecule has 3 aromatic rings. The molecule has 29 heavy (non-hydrogen) atoms. The lowest BCUT2D eigenvalue weighted by atomic mass is 10.0. The summed E-state index contributed by atoms with van der Waals surface area (Å²) in [6, 6.07) is 17.0. The number of ether oxygens (including phenoxy) is 2. The third-order valence-corrected chi connectivity index (χ3v) is 4.79. The van der Waals surface area contributed by atoms with Gasteiger partial charge in [0.2, 0.25) is 0 Å². The Morgan fingerprint density at radius 2 is 1.93 bits per heavy atom. The molecule has 1 aromatic heterocycles. The highest BCUT2D eigenvalue weighted by molar-refractivity contribution is 6.01. The third-order valence-electron chi connectivity index (χ3n) is 4.79. The maximum Gasteiger partial charge on any atom is 0.258 e. The van der Waals surface area contributed by atoms with Crippen LogP contribution in [-0.4, -0.2) is 24.0 Å². The number of carbonyl (C=O) groups is 1. The van der Waals surface area contributed by atoms with Gasteiger partial charge < -0.3 is 24.1 Å². The maximum absolute atomic E-state index is 13.3. The first-order valence-electron chi connectivity index (χ1n) is 9.60. The van der Waals surface area contributed by atoms with Gasteiger partial charge in [-0.25, -0.2) is 0 Å². The molecular weight excluding hydrogens is 368 g/mol. The Hall–Kier alpha value is -3.41. The van der Waals surface area contributed by atoms with Crippen molar-refractivity contribution >= 4 is 11.6 Å². The third kappa shape index (κ3) is 3.78. The average Bonchev–Trinajstić information content (AvgIpc) is 3.23. The van der Waals surface area contributed by atoms with E-state index in [9.17, 15) is 4.79 Å². The van der Waals surface area contributed by atoms with E-state index in [4.69, 9.17) is 13.9 Å². The van der Waals surface area contributed by atoms with Crippen molar-refractivity contribution in [1.29, 1.82) is 0 Å². The molecular formula is C23H24N2O4. The number of nitrogens with one attached hydrogen (secondary N) is 1. The van der Waals surface area contributed by atoms with Gasteiger partial charge in [0.05, 0.1) is 31.6 Å². The summed E-state index contributed by atoms with van der Waals surface area (Å²) in [4.78, 5) is 15.0. The molecule has 2 heterocycles. The van der Waals surface area contributed by atoms with Gasteiger partial charge in [-0.1, -0.05) is 18.2 Å². The fraction of sp³-hybridized carbons (Fsp3) is 0.261. The molecule has 1 atom stereocenters. The van der Waals surface area contributed by atoms with Gasteiger partial charge in [-0.2, -0.15) is 0 Å². The molecule has 1 N–H and O–H groups in total. The van der Waals surface area contributed by atoms with E-state index in [0.717, 1.165) is 17.0 Å². The number of furan rings is 1. The standard InChI is InChI=1S/C23H24N2O4/c1-15(2)29-20-11-10-16(13-21(20)27-3)22-24-19-9-5-4-8-18(19)23(26)25(22)14-17-7-6-12-28-17/h4-13,15,22,24H,14H2,1-3H3. The van der Waals surface area contributed by atoms with Crippen LogP contribution in [0.25, 0.3) is 0 Å². The fourth-order valence-electron chi connectivity index (χ4n) is 3.50. The Morgan fingerprint density at radius 1 is 1.10 bits per heavy atom. The molecule has 1 aliphatic rings. The zero-order valence-corrected chi connectivity index (χ0v) is 16.7. The zero-order chi connectivity index (χ0) is 20.4. The number of benzene rings is 2. The van der Waals surface area contributed by atoms with Crippen molar-refractivity contribution in [3.63, 3.8) is 0 Å². The van der Waals surface area contributed by atoms with E-state index in [1.165, 1.54) is 0 Å². The van der Waals surface area contributed by atoms with Gasteiger partial charge in [-0.3, -0.25) is 4.79 Å². The van der Waals surface area contributed by atoms with Crippen molar-refractivity contribution < 1.29 is 18.7 Å². The van der Waals surface area contributed by atoms with Crippen LogP contribution >= 0.6 is 0 Å². The van der Waals surface area contributed by atoms with Crippen LogP contribution in [0.1, 0.15) is 41.7 Å². The normalized spacial score (nSPS) is 15.8. The van der Waals surface area contributed by atoms with Gasteiger partial charge in [0.1, 0.15) is 11.9 Å². The smallest absolute Gasteiger partial charge is 0.258 e. The molecule has 0 radical (unpaired) electrons. The zero-order valence-electron chi connectivity index (χ0n) is 16.7. The minimum Gasteiger partial charge on any atom is -0.493 e. The summed E-state index contributed by atoms with van der Waals surface area (Å²) >= 11 is 0. The van der Waals surface area contributed by atoms with E-state index < -0.39 is 0 Å². The van der Waals surface area contributed by atoms with Gasteiger partial charge in [-0.05, 0) is 55.8 Å². The second-order valence-corrected chi connectivity index (χ2v) is 7.18. The van der Waals surface area contributed by atoms with Crippen LogP contribution in [0.4, 0.5) is 5.69 Å². The minimum atomic E-state index is -0.371. The summed E-state index contributed by atoms with van der Waals surface area (Å²) < 4.78 is 16.9. The van der Waals surface area contributed by atoms with E-state index in [1.807, 2.05) is 68.4 Å². The second kappa shape index (κ2) is 7.91. The van der Waals surface area contributed by atoms with Gasteiger partial charge >= 0.3 is 0 Å². The monoisotopic (exact) mass is 392 g/mol. The lowest BCUT2D eigenvalue weighted by molar-refractivity contribution is 0.0651. The molecule has 0 fully saturated rings. The minimum absolute atomic E-state index is 0.0338. The van der Waals surface area contributed by atoms with Crippen molar-refractivity contribution in [3.05, 3.63) is 77.7 Å². The lowest BCUT2D eigenvalue weighted by Crippen LogP contribution is -2.42. The SMILES string of the molecule is COc1cc(C2Nc3ccccc3C(=O)N2Cc2ccco2)ccc1OC(C)C. The molecule has 4 rings (SSSR count). The summed E-state index contributed by atoms with van der Waals surface area (Å²) in [6.07, 6.45) is 1.28. The van der Waals surface area contributed by atoms with Gasteiger partial charge in [0, 0.05) is 5.69 Å². The Balaban J connectivity index is 1.74. The lowest BCUT2D eigenvalue weighted by Gasteiger charge is -2.38. The van der Waals surface area contributed by atoms with E-state index in [0.29, 0.717) is 23.6 Å². The number of methoxy groups -OCH3 is 1. The summed E-state index contributed by atoms with van der Waals surface area (Å²) in [6.45, 7) is 4.29. The Labute approximate surface area is 170 Å². The molecule has 0 saturated carbocycles. The van der Waals surface area contributed by atoms with E-state index in [2.05, 4.69) is 5.32 Å². The number of carbonyl (C=O) groups excluding carboxylic acids is 1. The Kier molecular flexibility index (Phi) is 5.16. The Bertz CT molecular complexity index is 998. The molecule has 0 aliphatic carbocycles. The first-order valence-corrected chi connectivity index (χ1v) is 9.60. The van der Waals surface area contributed by atoms with Crippen LogP contribution in [0.15, 0.2) is 65.3 Å². The quantitative estimate of drug-likeness (QED) is 0.650. The molecule has 2 aromatic carbocycles. The van der Waals surface area contributed by atoms with Crippen molar-refractivity contribution in [3.8, 4) is 11.5 Å². The predicted octanol–water partition coefficient (Wildman–Crippen LogP) is 4.84. The summed E-state index contributed by atoms with van der Waals surface area (Å²) in [5.74, 6) is 1.96. The van der Waals surface area contributed by atoms with Gasteiger partial charge in [0.25, 0.3) is 5.91 Å². The topological polar surface area (TPSA) is 63.9 Å². The molecule has 0 bridgehead atoms. The van der Waals surface area contributed by atoms with Crippen LogP contribution < -0.4 is 14.8 Å². The molecule has 0 spiro atoms. The van der Waals surface area contributed by atoms with E-state index in [1.54, 1.807) is 18.3 Å². The first-order chi connectivity index (χ1) is 14.1. The number of anilines is 1. The predicted molar refractivity (Wildman–Crippen MR) is 110 cm³/mol. The van der Waals surface area contributed by atoms with Gasteiger partial charge in [0.15, 0.2) is 11.5 Å². The number of nitrogens with zero attached hydrogens (tertiary/aromatic N) is 1. The van der Waals surface area contributed by atoms with E-state index in [-0.39, 0.29) is 18.2 Å². The summed E-state index contributed by atoms with van der Waals surface area (Å²) in [5.41, 5.74) is 2.34. The van der Waals surface area contributed by atoms with Crippen molar-refractivity contribution in [2.24, 2.45) is 0 Å². The van der Waals surface area contributed by atoms with Crippen LogP contribution in [0.5, 0.6) is 11.5 Å². The van der Waals surface area contributed by atoms with E-state index >= 15 is 0 Å². The van der Waals surface area contributed by atoms with Crippen LogP contribution in [0, 0.1) is 0 Å². The fourth-order valence-corrected chi connectivity index (χ4v) is 3.50. The Morgan fingerprint density at radius 3 is 2.66 bits per heavy atom. The van der Waals surface area contributed by atoms with Crippen molar-refractivity contribution in [2.45, 2.75) is 32.7 Å². The summed E-state index contributed by atoms with van der Waals surface area (Å²) in [5, 5.41) is 3.48. The molecule has 150 valence electrons. The average molecular weight is 392 g/mol. The van der Waals surface area contributed by atoms with Crippen molar-refractivity contribution in [1.82, 2.24) is 4.90 Å². The number of hydrogen-bond donors (Lipinski definition) is 1. The molecule has 6 nitrogen and oxygen atoms in total. The highest BCUT2D eigenvalue weighted by Gasteiger charge is 2.33. The second-order valence-electron chi connectivity index (χ2n) is 7.18. The number of rotatable bonds is 6. The molecule has 1 aliphatic heterocycles. The number of fused-ring (bicyclic) bond motifs is 1. The largest absolute Gasteiger partial charge is 0.493 e. The molecule has 0 saturated heterocycles. The summed E-state index contributed by atoms with van der Waals surface area (Å²) in [7, 11) is 1.61. The van der Waals surface area contributed by atoms with Crippen LogP contribution in [0.2, 0.25) is 0 Å². The molecule has 1 unspecified atom stereocenters. The molecule has 6 heteroatoms. The number of para-hydroxylation sites is 1. The number of hydrogen-bond acceptors (Lipinski definition) is 5. The number of amides is 1. The highest BCUT2D eigenvalue weighted by atomic mass is 16.5. The van der Waals surface area contributed by atoms with Gasteiger partial charge in [-0.15, -0.1) is 0 Å². The first kappa shape index (κ1) is 18.9. The molecule has 1 amide bonds. The maximum atomic E-state index is 13.3. The van der Waals surface area contributed by atoms with Crippen molar-refractivity contribution in [2.75, 3.05) is 12.4 Å². The highest BCUT2D eigenvalue weighted by Crippen LogP contribution is 2.37. The van der Waals surface area contributed by atoms with Crippen LogP contribution in [0.3, 0.4) is 0 Å².